The van der Waals surface area contributed by atoms with E-state index in [0.29, 0.717) is 15.7 Å². The highest BCUT2D eigenvalue weighted by molar-refractivity contribution is 7.15. The molecule has 2 rings (SSSR count). The minimum atomic E-state index is -0.382. The van der Waals surface area contributed by atoms with Gasteiger partial charge in [0.1, 0.15) is 4.88 Å². The Hall–Kier alpha value is -1.40. The number of carbonyl (C=O) groups is 2. The Labute approximate surface area is 148 Å². The zero-order chi connectivity index (χ0) is 17.5. The molecule has 1 aliphatic rings. The average Bonchev–Trinajstić information content (AvgIpc) is 3.09. The van der Waals surface area contributed by atoms with Gasteiger partial charge in [0.15, 0.2) is 0 Å². The second kappa shape index (κ2) is 9.18. The zero-order valence-electron chi connectivity index (χ0n) is 14.9. The van der Waals surface area contributed by atoms with Crippen LogP contribution in [0.25, 0.3) is 0 Å². The van der Waals surface area contributed by atoms with Crippen LogP contribution in [0.1, 0.15) is 52.0 Å². The summed E-state index contributed by atoms with van der Waals surface area (Å²) in [7, 11) is 3.54. The summed E-state index contributed by atoms with van der Waals surface area (Å²) in [4.78, 5) is 29.5. The lowest BCUT2D eigenvalue weighted by molar-refractivity contribution is 0.0606. The Morgan fingerprint density at radius 2 is 1.96 bits per heavy atom. The molecule has 2 heterocycles. The SMILES string of the molecule is CCCCN(C)CC1CCN(C(=O)c2ccc(C(=O)OC)s2)CC1. The third kappa shape index (κ3) is 5.05. The molecule has 1 aromatic heterocycles. The normalized spacial score (nSPS) is 15.8. The molecule has 6 heteroatoms. The molecule has 0 atom stereocenters. The van der Waals surface area contributed by atoms with E-state index in [-0.39, 0.29) is 11.9 Å². The molecule has 1 amide bonds. The van der Waals surface area contributed by atoms with E-state index in [9.17, 15) is 9.59 Å². The fourth-order valence-corrected chi connectivity index (χ4v) is 3.99. The number of ether oxygens (including phenoxy) is 1. The van der Waals surface area contributed by atoms with Gasteiger partial charge >= 0.3 is 5.97 Å². The van der Waals surface area contributed by atoms with E-state index in [1.54, 1.807) is 12.1 Å². The Morgan fingerprint density at radius 1 is 1.29 bits per heavy atom. The monoisotopic (exact) mass is 352 g/mol. The van der Waals surface area contributed by atoms with Crippen LogP contribution >= 0.6 is 11.3 Å². The number of hydrogen-bond donors (Lipinski definition) is 0. The standard InChI is InChI=1S/C18H28N2O3S/c1-4-5-10-19(2)13-14-8-11-20(12-9-14)17(21)15-6-7-16(24-15)18(22)23-3/h6-7,14H,4-5,8-13H2,1-3H3. The second-order valence-corrected chi connectivity index (χ2v) is 7.59. The fourth-order valence-electron chi connectivity index (χ4n) is 3.10. The molecule has 24 heavy (non-hydrogen) atoms. The van der Waals surface area contributed by atoms with Crippen LogP contribution in [0.2, 0.25) is 0 Å². The first-order valence-electron chi connectivity index (χ1n) is 8.71. The van der Waals surface area contributed by atoms with Crippen LogP contribution in [0.3, 0.4) is 0 Å². The van der Waals surface area contributed by atoms with Gasteiger partial charge in [-0.2, -0.15) is 0 Å². The van der Waals surface area contributed by atoms with Gasteiger partial charge in [-0.3, -0.25) is 4.79 Å². The molecule has 1 fully saturated rings. The van der Waals surface area contributed by atoms with Crippen LogP contribution in [0.5, 0.6) is 0 Å². The fraction of sp³-hybridized carbons (Fsp3) is 0.667. The van der Waals surface area contributed by atoms with Gasteiger partial charge < -0.3 is 14.5 Å². The van der Waals surface area contributed by atoms with Gasteiger partial charge in [-0.15, -0.1) is 11.3 Å². The van der Waals surface area contributed by atoms with Crippen molar-refractivity contribution in [3.05, 3.63) is 21.9 Å². The van der Waals surface area contributed by atoms with E-state index in [1.165, 1.54) is 31.3 Å². The lowest BCUT2D eigenvalue weighted by Gasteiger charge is -2.33. The molecule has 0 unspecified atom stereocenters. The predicted molar refractivity (Wildman–Crippen MR) is 96.7 cm³/mol. The minimum Gasteiger partial charge on any atom is -0.465 e. The van der Waals surface area contributed by atoms with Crippen molar-refractivity contribution in [1.82, 2.24) is 9.80 Å². The molecule has 0 aliphatic carbocycles. The molecule has 0 bridgehead atoms. The van der Waals surface area contributed by atoms with Crippen LogP contribution in [0, 0.1) is 5.92 Å². The molecule has 134 valence electrons. The molecule has 0 aromatic carbocycles. The maximum atomic E-state index is 12.6. The number of rotatable bonds is 7. The highest BCUT2D eigenvalue weighted by atomic mass is 32.1. The van der Waals surface area contributed by atoms with Gasteiger partial charge in [0.2, 0.25) is 0 Å². The highest BCUT2D eigenvalue weighted by Gasteiger charge is 2.25. The molecule has 5 nitrogen and oxygen atoms in total. The van der Waals surface area contributed by atoms with E-state index in [0.717, 1.165) is 39.0 Å². The zero-order valence-corrected chi connectivity index (χ0v) is 15.7. The van der Waals surface area contributed by atoms with Gasteiger partial charge in [0.05, 0.1) is 12.0 Å². The summed E-state index contributed by atoms with van der Waals surface area (Å²) in [5, 5.41) is 0. The van der Waals surface area contributed by atoms with Crippen molar-refractivity contribution < 1.29 is 14.3 Å². The summed E-state index contributed by atoms with van der Waals surface area (Å²) in [5.74, 6) is 0.325. The first kappa shape index (κ1) is 18.9. The summed E-state index contributed by atoms with van der Waals surface area (Å²) in [6.45, 7) is 6.09. The molecule has 0 saturated carbocycles. The Morgan fingerprint density at radius 3 is 2.58 bits per heavy atom. The number of nitrogens with zero attached hydrogens (tertiary/aromatic N) is 2. The van der Waals surface area contributed by atoms with Gasteiger partial charge in [-0.05, 0) is 50.9 Å². The number of thiophene rings is 1. The topological polar surface area (TPSA) is 49.9 Å². The number of esters is 1. The number of piperidine rings is 1. The summed E-state index contributed by atoms with van der Waals surface area (Å²) < 4.78 is 4.70. The van der Waals surface area contributed by atoms with Crippen molar-refractivity contribution in [3.8, 4) is 0 Å². The lowest BCUT2D eigenvalue weighted by Crippen LogP contribution is -2.41. The third-order valence-corrected chi connectivity index (χ3v) is 5.62. The van der Waals surface area contributed by atoms with Crippen molar-refractivity contribution in [2.24, 2.45) is 5.92 Å². The summed E-state index contributed by atoms with van der Waals surface area (Å²) in [5.41, 5.74) is 0. The van der Waals surface area contributed by atoms with Crippen LogP contribution in [-0.2, 0) is 4.74 Å². The molecular weight excluding hydrogens is 324 g/mol. The number of hydrogen-bond acceptors (Lipinski definition) is 5. The van der Waals surface area contributed by atoms with E-state index < -0.39 is 0 Å². The Kier molecular flexibility index (Phi) is 7.24. The van der Waals surface area contributed by atoms with Gasteiger partial charge in [-0.25, -0.2) is 4.79 Å². The quantitative estimate of drug-likeness (QED) is 0.708. The van der Waals surface area contributed by atoms with Crippen molar-refractivity contribution in [2.75, 3.05) is 40.3 Å². The van der Waals surface area contributed by atoms with Crippen LogP contribution in [0.15, 0.2) is 12.1 Å². The highest BCUT2D eigenvalue weighted by Crippen LogP contribution is 2.23. The first-order valence-corrected chi connectivity index (χ1v) is 9.52. The number of likely N-dealkylation sites (tertiary alicyclic amines) is 1. The average molecular weight is 353 g/mol. The van der Waals surface area contributed by atoms with Crippen molar-refractivity contribution >= 4 is 23.2 Å². The van der Waals surface area contributed by atoms with Crippen molar-refractivity contribution in [2.45, 2.75) is 32.6 Å². The van der Waals surface area contributed by atoms with E-state index >= 15 is 0 Å². The third-order valence-electron chi connectivity index (χ3n) is 4.57. The molecule has 1 aliphatic heterocycles. The number of methoxy groups -OCH3 is 1. The summed E-state index contributed by atoms with van der Waals surface area (Å²) in [6.07, 6.45) is 4.58. The van der Waals surface area contributed by atoms with E-state index in [1.807, 2.05) is 4.90 Å². The molecule has 0 radical (unpaired) electrons. The number of carbonyl (C=O) groups excluding carboxylic acids is 2. The van der Waals surface area contributed by atoms with Crippen LogP contribution in [0.4, 0.5) is 0 Å². The minimum absolute atomic E-state index is 0.0351. The summed E-state index contributed by atoms with van der Waals surface area (Å²) >= 11 is 1.21. The first-order chi connectivity index (χ1) is 11.5. The molecule has 0 spiro atoms. The molecular formula is C18H28N2O3S. The van der Waals surface area contributed by atoms with Crippen molar-refractivity contribution in [3.63, 3.8) is 0 Å². The molecule has 1 saturated heterocycles. The van der Waals surface area contributed by atoms with E-state index in [2.05, 4.69) is 18.9 Å². The Bertz CT molecular complexity index is 550. The Balaban J connectivity index is 1.82. The number of unbranched alkanes of at least 4 members (excludes halogenated alkanes) is 1. The van der Waals surface area contributed by atoms with Crippen LogP contribution < -0.4 is 0 Å². The van der Waals surface area contributed by atoms with Gasteiger partial charge in [0, 0.05) is 19.6 Å². The lowest BCUT2D eigenvalue weighted by atomic mass is 9.96. The van der Waals surface area contributed by atoms with Crippen molar-refractivity contribution in [1.29, 1.82) is 0 Å². The van der Waals surface area contributed by atoms with Crippen LogP contribution in [-0.4, -0.2) is 62.0 Å². The largest absolute Gasteiger partial charge is 0.465 e. The smallest absolute Gasteiger partial charge is 0.348 e. The molecule has 1 aromatic rings. The van der Waals surface area contributed by atoms with Gasteiger partial charge in [-0.1, -0.05) is 13.3 Å². The maximum Gasteiger partial charge on any atom is 0.348 e. The van der Waals surface area contributed by atoms with E-state index in [4.69, 9.17) is 4.74 Å². The predicted octanol–water partition coefficient (Wildman–Crippen LogP) is 3.12. The maximum absolute atomic E-state index is 12.6. The number of amides is 1. The molecule has 0 N–H and O–H groups in total. The van der Waals surface area contributed by atoms with Gasteiger partial charge in [0.25, 0.3) is 5.91 Å². The summed E-state index contributed by atoms with van der Waals surface area (Å²) in [6, 6.07) is 3.39. The second-order valence-electron chi connectivity index (χ2n) is 6.51.